The number of benzene rings is 2. The van der Waals surface area contributed by atoms with Crippen molar-refractivity contribution in [2.75, 3.05) is 10.7 Å². The van der Waals surface area contributed by atoms with Gasteiger partial charge in [0.1, 0.15) is 5.82 Å². The van der Waals surface area contributed by atoms with E-state index in [9.17, 15) is 9.18 Å². The van der Waals surface area contributed by atoms with Crippen LogP contribution in [0, 0.1) is 5.82 Å². The number of hydrogen-bond acceptors (Lipinski definition) is 5. The number of rotatable bonds is 7. The van der Waals surface area contributed by atoms with E-state index in [-0.39, 0.29) is 11.7 Å². The molecule has 0 spiro atoms. The zero-order chi connectivity index (χ0) is 20.1. The van der Waals surface area contributed by atoms with Gasteiger partial charge in [-0.2, -0.15) is 0 Å². The van der Waals surface area contributed by atoms with Crippen molar-refractivity contribution in [3.63, 3.8) is 0 Å². The second-order valence-electron chi connectivity index (χ2n) is 6.36. The standard InChI is InChI=1S/C22H18FN3OS2/c23-17-7-9-18(10-8-17)28-13-11-21(27)26(15-16-4-3-12-24-14-16)22-25-19-5-1-2-6-20(19)29-22/h1-10,12,14H,11,13,15H2. The quantitative estimate of drug-likeness (QED) is 0.366. The predicted molar refractivity (Wildman–Crippen MR) is 117 cm³/mol. The highest BCUT2D eigenvalue weighted by atomic mass is 32.2. The Labute approximate surface area is 176 Å². The Bertz CT molecular complexity index is 1070. The van der Waals surface area contributed by atoms with E-state index in [1.807, 2.05) is 36.4 Å². The molecule has 4 aromatic rings. The van der Waals surface area contributed by atoms with Crippen molar-refractivity contribution < 1.29 is 9.18 Å². The van der Waals surface area contributed by atoms with Crippen LogP contribution in [-0.4, -0.2) is 21.6 Å². The summed E-state index contributed by atoms with van der Waals surface area (Å²) < 4.78 is 14.1. The summed E-state index contributed by atoms with van der Waals surface area (Å²) >= 11 is 3.05. The van der Waals surface area contributed by atoms with Gasteiger partial charge in [0.15, 0.2) is 5.13 Å². The number of thiazole rings is 1. The predicted octanol–water partition coefficient (Wildman–Crippen LogP) is 5.55. The number of aromatic nitrogens is 2. The molecule has 0 N–H and O–H groups in total. The lowest BCUT2D eigenvalue weighted by molar-refractivity contribution is -0.118. The monoisotopic (exact) mass is 423 g/mol. The number of carbonyl (C=O) groups is 1. The van der Waals surface area contributed by atoms with E-state index in [0.717, 1.165) is 20.7 Å². The molecule has 2 heterocycles. The second-order valence-corrected chi connectivity index (χ2v) is 8.54. The fourth-order valence-electron chi connectivity index (χ4n) is 2.83. The Balaban J connectivity index is 1.50. The van der Waals surface area contributed by atoms with Gasteiger partial charge in [0.25, 0.3) is 0 Å². The molecule has 0 saturated heterocycles. The number of carbonyl (C=O) groups excluding carboxylic acids is 1. The van der Waals surface area contributed by atoms with E-state index in [1.54, 1.807) is 29.4 Å². The lowest BCUT2D eigenvalue weighted by Gasteiger charge is -2.20. The molecule has 0 aliphatic carbocycles. The molecular formula is C22H18FN3OS2. The van der Waals surface area contributed by atoms with Crippen LogP contribution in [0.2, 0.25) is 0 Å². The summed E-state index contributed by atoms with van der Waals surface area (Å²) in [6, 6.07) is 18.0. The summed E-state index contributed by atoms with van der Waals surface area (Å²) in [4.78, 5) is 24.6. The maximum Gasteiger partial charge on any atom is 0.229 e. The van der Waals surface area contributed by atoms with Gasteiger partial charge in [-0.05, 0) is 48.0 Å². The van der Waals surface area contributed by atoms with Gasteiger partial charge < -0.3 is 0 Å². The van der Waals surface area contributed by atoms with Crippen LogP contribution < -0.4 is 4.90 Å². The number of anilines is 1. The Morgan fingerprint density at radius 2 is 1.90 bits per heavy atom. The van der Waals surface area contributed by atoms with Crippen LogP contribution in [0.3, 0.4) is 0 Å². The van der Waals surface area contributed by atoms with Crippen LogP contribution in [0.4, 0.5) is 9.52 Å². The van der Waals surface area contributed by atoms with Crippen LogP contribution in [0.25, 0.3) is 10.2 Å². The van der Waals surface area contributed by atoms with Crippen molar-refractivity contribution in [3.8, 4) is 0 Å². The maximum absolute atomic E-state index is 13.1. The summed E-state index contributed by atoms with van der Waals surface area (Å²) in [5.74, 6) is 0.352. The van der Waals surface area contributed by atoms with Crippen LogP contribution in [0.1, 0.15) is 12.0 Å². The molecule has 0 fully saturated rings. The lowest BCUT2D eigenvalue weighted by Crippen LogP contribution is -2.30. The Kier molecular flexibility index (Phi) is 6.17. The van der Waals surface area contributed by atoms with Crippen molar-refractivity contribution in [2.45, 2.75) is 17.9 Å². The molecule has 0 aliphatic rings. The lowest BCUT2D eigenvalue weighted by atomic mass is 10.2. The van der Waals surface area contributed by atoms with Crippen molar-refractivity contribution in [3.05, 3.63) is 84.4 Å². The average Bonchev–Trinajstić information content (AvgIpc) is 3.18. The maximum atomic E-state index is 13.1. The third-order valence-corrected chi connectivity index (χ3v) is 6.35. The first-order valence-electron chi connectivity index (χ1n) is 9.12. The number of halogens is 1. The summed E-state index contributed by atoms with van der Waals surface area (Å²) in [5.41, 5.74) is 1.84. The van der Waals surface area contributed by atoms with Gasteiger partial charge in [-0.1, -0.05) is 29.5 Å². The third kappa shape index (κ3) is 4.99. The minimum Gasteiger partial charge on any atom is -0.284 e. The van der Waals surface area contributed by atoms with Gasteiger partial charge in [0.2, 0.25) is 5.91 Å². The molecular weight excluding hydrogens is 405 g/mol. The summed E-state index contributed by atoms with van der Waals surface area (Å²) in [6.07, 6.45) is 3.84. The summed E-state index contributed by atoms with van der Waals surface area (Å²) in [7, 11) is 0. The van der Waals surface area contributed by atoms with Crippen LogP contribution in [-0.2, 0) is 11.3 Å². The average molecular weight is 424 g/mol. The van der Waals surface area contributed by atoms with E-state index in [2.05, 4.69) is 9.97 Å². The van der Waals surface area contributed by atoms with Gasteiger partial charge in [-0.15, -0.1) is 11.8 Å². The third-order valence-electron chi connectivity index (χ3n) is 4.28. The fraction of sp³-hybridized carbons (Fsp3) is 0.136. The van der Waals surface area contributed by atoms with Crippen LogP contribution >= 0.6 is 23.1 Å². The smallest absolute Gasteiger partial charge is 0.229 e. The molecule has 0 radical (unpaired) electrons. The number of fused-ring (bicyclic) bond motifs is 1. The fourth-order valence-corrected chi connectivity index (χ4v) is 4.66. The molecule has 2 aromatic heterocycles. The highest BCUT2D eigenvalue weighted by Crippen LogP contribution is 2.30. The van der Waals surface area contributed by atoms with Gasteiger partial charge in [0.05, 0.1) is 16.8 Å². The number of hydrogen-bond donors (Lipinski definition) is 0. The number of thioether (sulfide) groups is 1. The molecule has 0 saturated carbocycles. The van der Waals surface area contributed by atoms with Crippen LogP contribution in [0.15, 0.2) is 78.0 Å². The van der Waals surface area contributed by atoms with E-state index in [0.29, 0.717) is 23.8 Å². The summed E-state index contributed by atoms with van der Waals surface area (Å²) in [5, 5.41) is 0.687. The first-order chi connectivity index (χ1) is 14.2. The molecule has 0 aliphatic heterocycles. The highest BCUT2D eigenvalue weighted by molar-refractivity contribution is 7.99. The largest absolute Gasteiger partial charge is 0.284 e. The van der Waals surface area contributed by atoms with Crippen molar-refractivity contribution in [1.82, 2.24) is 9.97 Å². The zero-order valence-corrected chi connectivity index (χ0v) is 17.1. The van der Waals surface area contributed by atoms with Gasteiger partial charge in [-0.25, -0.2) is 9.37 Å². The molecule has 0 atom stereocenters. The van der Waals surface area contributed by atoms with E-state index >= 15 is 0 Å². The van der Waals surface area contributed by atoms with Gasteiger partial charge >= 0.3 is 0 Å². The number of para-hydroxylation sites is 1. The SMILES string of the molecule is O=C(CCSc1ccc(F)cc1)N(Cc1cccnc1)c1nc2ccccc2s1. The normalized spacial score (nSPS) is 10.9. The van der Waals surface area contributed by atoms with Crippen molar-refractivity contribution in [2.24, 2.45) is 0 Å². The van der Waals surface area contributed by atoms with Crippen LogP contribution in [0.5, 0.6) is 0 Å². The minimum atomic E-state index is -0.260. The Morgan fingerprint density at radius 3 is 2.66 bits per heavy atom. The van der Waals surface area contributed by atoms with E-state index in [4.69, 9.17) is 0 Å². The molecule has 146 valence electrons. The first kappa shape index (κ1) is 19.5. The van der Waals surface area contributed by atoms with Gasteiger partial charge in [0, 0.05) is 29.5 Å². The number of amides is 1. The zero-order valence-electron chi connectivity index (χ0n) is 15.5. The molecule has 0 unspecified atom stereocenters. The first-order valence-corrected chi connectivity index (χ1v) is 10.9. The molecule has 4 rings (SSSR count). The number of pyridine rings is 1. The number of nitrogens with zero attached hydrogens (tertiary/aromatic N) is 3. The molecule has 7 heteroatoms. The second kappa shape index (κ2) is 9.15. The molecule has 4 nitrogen and oxygen atoms in total. The topological polar surface area (TPSA) is 46.1 Å². The summed E-state index contributed by atoms with van der Waals surface area (Å²) in [6.45, 7) is 0.424. The minimum absolute atomic E-state index is 0.00233. The highest BCUT2D eigenvalue weighted by Gasteiger charge is 2.20. The molecule has 2 aromatic carbocycles. The molecule has 0 bridgehead atoms. The van der Waals surface area contributed by atoms with E-state index < -0.39 is 0 Å². The van der Waals surface area contributed by atoms with Crippen molar-refractivity contribution >= 4 is 44.4 Å². The molecule has 29 heavy (non-hydrogen) atoms. The van der Waals surface area contributed by atoms with E-state index in [1.165, 1.54) is 35.2 Å². The Morgan fingerprint density at radius 1 is 1.07 bits per heavy atom. The van der Waals surface area contributed by atoms with Gasteiger partial charge in [-0.3, -0.25) is 14.7 Å². The van der Waals surface area contributed by atoms with Crippen molar-refractivity contribution in [1.29, 1.82) is 0 Å². The Hall–Kier alpha value is -2.77. The molecule has 1 amide bonds.